The van der Waals surface area contributed by atoms with Crippen molar-refractivity contribution in [1.82, 2.24) is 5.32 Å². The summed E-state index contributed by atoms with van der Waals surface area (Å²) in [6.45, 7) is 5.57. The first kappa shape index (κ1) is 19.0. The molecule has 1 N–H and O–H groups in total. The van der Waals surface area contributed by atoms with Crippen LogP contribution in [-0.4, -0.2) is 12.5 Å². The van der Waals surface area contributed by atoms with E-state index in [9.17, 15) is 4.79 Å². The van der Waals surface area contributed by atoms with Gasteiger partial charge in [-0.05, 0) is 30.0 Å². The van der Waals surface area contributed by atoms with Crippen LogP contribution >= 0.6 is 0 Å². The molecule has 0 bridgehead atoms. The first-order chi connectivity index (χ1) is 12.2. The minimum Gasteiger partial charge on any atom is -0.488 e. The van der Waals surface area contributed by atoms with Crippen molar-refractivity contribution in [2.75, 3.05) is 6.54 Å². The van der Waals surface area contributed by atoms with Gasteiger partial charge in [0, 0.05) is 6.54 Å². The van der Waals surface area contributed by atoms with Crippen LogP contribution in [0.3, 0.4) is 0 Å². The molecule has 1 amide bonds. The number of para-hydroxylation sites is 1. The Hall–Kier alpha value is -2.29. The Labute approximate surface area is 151 Å². The summed E-state index contributed by atoms with van der Waals surface area (Å²) in [6.07, 6.45) is 4.66. The Balaban J connectivity index is 1.95. The quantitative estimate of drug-likeness (QED) is 0.645. The number of ether oxygens (including phenoxy) is 1. The first-order valence-corrected chi connectivity index (χ1v) is 9.28. The fourth-order valence-electron chi connectivity index (χ4n) is 2.79. The SMILES string of the molecule is CCCC[C@H](CC)CNC(=O)c1ccccc1OCc1ccccc1. The molecule has 0 saturated heterocycles. The van der Waals surface area contributed by atoms with Crippen molar-refractivity contribution in [1.29, 1.82) is 0 Å². The topological polar surface area (TPSA) is 38.3 Å². The number of hydrogen-bond acceptors (Lipinski definition) is 2. The largest absolute Gasteiger partial charge is 0.488 e. The molecule has 0 aliphatic heterocycles. The standard InChI is InChI=1S/C22H29NO2/c1-3-5-11-18(4-2)16-23-22(24)20-14-9-10-15-21(20)25-17-19-12-7-6-8-13-19/h6-10,12-15,18H,3-5,11,16-17H2,1-2H3,(H,23,24)/t18-/m0/s1. The second-order valence-corrected chi connectivity index (χ2v) is 6.40. The van der Waals surface area contributed by atoms with Gasteiger partial charge in [0.25, 0.3) is 5.91 Å². The van der Waals surface area contributed by atoms with Crippen LogP contribution < -0.4 is 10.1 Å². The molecule has 0 spiro atoms. The Bertz CT molecular complexity index is 639. The summed E-state index contributed by atoms with van der Waals surface area (Å²) in [5.74, 6) is 1.12. The second-order valence-electron chi connectivity index (χ2n) is 6.40. The van der Waals surface area contributed by atoms with E-state index < -0.39 is 0 Å². The van der Waals surface area contributed by atoms with Gasteiger partial charge >= 0.3 is 0 Å². The number of unbranched alkanes of at least 4 members (excludes halogenated alkanes) is 1. The summed E-state index contributed by atoms with van der Waals surface area (Å²) in [4.78, 5) is 12.6. The molecule has 1 atom stereocenters. The first-order valence-electron chi connectivity index (χ1n) is 9.28. The van der Waals surface area contributed by atoms with Gasteiger partial charge in [0.2, 0.25) is 0 Å². The van der Waals surface area contributed by atoms with Crippen LogP contribution in [0.4, 0.5) is 0 Å². The van der Waals surface area contributed by atoms with Crippen LogP contribution in [0.1, 0.15) is 55.5 Å². The van der Waals surface area contributed by atoms with Crippen molar-refractivity contribution in [3.63, 3.8) is 0 Å². The number of carbonyl (C=O) groups excluding carboxylic acids is 1. The van der Waals surface area contributed by atoms with Crippen molar-refractivity contribution in [3.8, 4) is 5.75 Å². The molecule has 0 aliphatic carbocycles. The molecule has 25 heavy (non-hydrogen) atoms. The van der Waals surface area contributed by atoms with Gasteiger partial charge in [0.1, 0.15) is 12.4 Å². The lowest BCUT2D eigenvalue weighted by Crippen LogP contribution is -2.29. The maximum absolute atomic E-state index is 12.6. The molecule has 2 rings (SSSR count). The number of nitrogens with one attached hydrogen (secondary N) is 1. The highest BCUT2D eigenvalue weighted by Crippen LogP contribution is 2.20. The van der Waals surface area contributed by atoms with Gasteiger partial charge < -0.3 is 10.1 Å². The van der Waals surface area contributed by atoms with Crippen molar-refractivity contribution in [2.24, 2.45) is 5.92 Å². The monoisotopic (exact) mass is 339 g/mol. The zero-order valence-electron chi connectivity index (χ0n) is 15.3. The van der Waals surface area contributed by atoms with Gasteiger partial charge in [-0.1, -0.05) is 75.6 Å². The lowest BCUT2D eigenvalue weighted by molar-refractivity contribution is 0.0941. The number of carbonyl (C=O) groups is 1. The van der Waals surface area contributed by atoms with Crippen LogP contribution in [-0.2, 0) is 6.61 Å². The summed E-state index contributed by atoms with van der Waals surface area (Å²) in [7, 11) is 0. The number of hydrogen-bond donors (Lipinski definition) is 1. The molecular weight excluding hydrogens is 310 g/mol. The zero-order valence-corrected chi connectivity index (χ0v) is 15.3. The highest BCUT2D eigenvalue weighted by molar-refractivity contribution is 5.96. The van der Waals surface area contributed by atoms with Crippen LogP contribution in [0.2, 0.25) is 0 Å². The van der Waals surface area contributed by atoms with E-state index in [4.69, 9.17) is 4.74 Å². The van der Waals surface area contributed by atoms with Crippen LogP contribution in [0, 0.1) is 5.92 Å². The summed E-state index contributed by atoms with van der Waals surface area (Å²) >= 11 is 0. The van der Waals surface area contributed by atoms with Gasteiger partial charge in [-0.25, -0.2) is 0 Å². The van der Waals surface area contributed by atoms with Crippen molar-refractivity contribution < 1.29 is 9.53 Å². The third kappa shape index (κ3) is 6.26. The predicted octanol–water partition coefficient (Wildman–Crippen LogP) is 5.21. The molecule has 3 nitrogen and oxygen atoms in total. The fourth-order valence-corrected chi connectivity index (χ4v) is 2.79. The van der Waals surface area contributed by atoms with Gasteiger partial charge in [-0.3, -0.25) is 4.79 Å². The van der Waals surface area contributed by atoms with Crippen molar-refractivity contribution in [2.45, 2.75) is 46.1 Å². The van der Waals surface area contributed by atoms with E-state index in [0.29, 0.717) is 23.8 Å². The van der Waals surface area contributed by atoms with Crippen molar-refractivity contribution >= 4 is 5.91 Å². The smallest absolute Gasteiger partial charge is 0.255 e. The average molecular weight is 339 g/mol. The van der Waals surface area contributed by atoms with E-state index in [0.717, 1.165) is 18.5 Å². The fraction of sp³-hybridized carbons (Fsp3) is 0.409. The van der Waals surface area contributed by atoms with Crippen LogP contribution in [0.25, 0.3) is 0 Å². The van der Waals surface area contributed by atoms with Crippen LogP contribution in [0.5, 0.6) is 5.75 Å². The van der Waals surface area contributed by atoms with E-state index in [1.807, 2.05) is 54.6 Å². The van der Waals surface area contributed by atoms with E-state index in [2.05, 4.69) is 19.2 Å². The molecular formula is C22H29NO2. The minimum absolute atomic E-state index is 0.0568. The molecule has 0 unspecified atom stereocenters. The molecule has 134 valence electrons. The third-order valence-electron chi connectivity index (χ3n) is 4.46. The maximum atomic E-state index is 12.6. The molecule has 0 heterocycles. The Morgan fingerprint density at radius 2 is 1.76 bits per heavy atom. The highest BCUT2D eigenvalue weighted by atomic mass is 16.5. The lowest BCUT2D eigenvalue weighted by atomic mass is 9.99. The van der Waals surface area contributed by atoms with Gasteiger partial charge in [0.05, 0.1) is 5.56 Å². The summed E-state index contributed by atoms with van der Waals surface area (Å²) in [5, 5.41) is 3.08. The zero-order chi connectivity index (χ0) is 17.9. The van der Waals surface area contributed by atoms with Gasteiger partial charge in [-0.2, -0.15) is 0 Å². The molecule has 0 aliphatic rings. The van der Waals surface area contributed by atoms with E-state index >= 15 is 0 Å². The minimum atomic E-state index is -0.0568. The maximum Gasteiger partial charge on any atom is 0.255 e. The average Bonchev–Trinajstić information content (AvgIpc) is 2.67. The summed E-state index contributed by atoms with van der Waals surface area (Å²) in [5.41, 5.74) is 1.69. The van der Waals surface area contributed by atoms with Gasteiger partial charge in [-0.15, -0.1) is 0 Å². The van der Waals surface area contributed by atoms with E-state index in [1.54, 1.807) is 0 Å². The lowest BCUT2D eigenvalue weighted by Gasteiger charge is -2.16. The number of benzene rings is 2. The number of rotatable bonds is 10. The van der Waals surface area contributed by atoms with E-state index in [1.165, 1.54) is 19.3 Å². The molecule has 0 radical (unpaired) electrons. The summed E-state index contributed by atoms with van der Waals surface area (Å²) in [6, 6.07) is 17.4. The molecule has 2 aromatic rings. The Kier molecular flexibility index (Phi) is 8.03. The second kappa shape index (κ2) is 10.5. The molecule has 0 saturated carbocycles. The summed E-state index contributed by atoms with van der Waals surface area (Å²) < 4.78 is 5.88. The van der Waals surface area contributed by atoms with E-state index in [-0.39, 0.29) is 5.91 Å². The van der Waals surface area contributed by atoms with Crippen LogP contribution in [0.15, 0.2) is 54.6 Å². The third-order valence-corrected chi connectivity index (χ3v) is 4.46. The molecule has 2 aromatic carbocycles. The number of amides is 1. The van der Waals surface area contributed by atoms with Gasteiger partial charge in [0.15, 0.2) is 0 Å². The molecule has 0 fully saturated rings. The Morgan fingerprint density at radius 1 is 1.04 bits per heavy atom. The Morgan fingerprint density at radius 3 is 2.48 bits per heavy atom. The molecule has 3 heteroatoms. The normalized spacial score (nSPS) is 11.8. The van der Waals surface area contributed by atoms with Crippen molar-refractivity contribution in [3.05, 3.63) is 65.7 Å². The highest BCUT2D eigenvalue weighted by Gasteiger charge is 2.14. The predicted molar refractivity (Wildman–Crippen MR) is 103 cm³/mol. The molecule has 0 aromatic heterocycles.